The van der Waals surface area contributed by atoms with E-state index in [9.17, 15) is 9.59 Å². The lowest BCUT2D eigenvalue weighted by Crippen LogP contribution is -2.33. The number of hydrogen-bond acceptors (Lipinski definition) is 5. The Balaban J connectivity index is 1.45. The van der Waals surface area contributed by atoms with E-state index in [2.05, 4.69) is 20.9 Å². The molecule has 0 aliphatic rings. The average Bonchev–Trinajstić information content (AvgIpc) is 3.26. The van der Waals surface area contributed by atoms with Crippen molar-refractivity contribution in [3.8, 4) is 5.69 Å². The number of hydrazine groups is 1. The van der Waals surface area contributed by atoms with Crippen molar-refractivity contribution in [1.82, 2.24) is 24.8 Å². The van der Waals surface area contributed by atoms with Crippen LogP contribution in [-0.4, -0.2) is 25.2 Å². The summed E-state index contributed by atoms with van der Waals surface area (Å²) < 4.78 is 3.20. The van der Waals surface area contributed by atoms with E-state index in [0.717, 1.165) is 11.3 Å². The van der Waals surface area contributed by atoms with E-state index >= 15 is 0 Å². The maximum atomic E-state index is 12.6. The first-order valence-corrected chi connectivity index (χ1v) is 9.49. The van der Waals surface area contributed by atoms with E-state index in [1.807, 2.05) is 49.5 Å². The lowest BCUT2D eigenvalue weighted by atomic mass is 10.2. The molecule has 4 aromatic rings. The van der Waals surface area contributed by atoms with Gasteiger partial charge in [0.2, 0.25) is 5.95 Å². The summed E-state index contributed by atoms with van der Waals surface area (Å²) in [5, 5.41) is 4.82. The van der Waals surface area contributed by atoms with Gasteiger partial charge in [0, 0.05) is 24.4 Å². The molecule has 0 spiro atoms. The Kier molecular flexibility index (Phi) is 5.38. The first-order chi connectivity index (χ1) is 14.7. The number of hydrogen-bond donors (Lipinski definition) is 2. The second kappa shape index (κ2) is 8.44. The van der Waals surface area contributed by atoms with Gasteiger partial charge in [-0.3, -0.25) is 25.0 Å². The summed E-state index contributed by atoms with van der Waals surface area (Å²) in [5.74, 6) is -0.104. The molecule has 2 N–H and O–H groups in total. The van der Waals surface area contributed by atoms with Gasteiger partial charge in [-0.05, 0) is 37.3 Å². The molecule has 2 heterocycles. The minimum Gasteiger partial charge on any atom is -0.277 e. The Morgan fingerprint density at radius 2 is 1.87 bits per heavy atom. The van der Waals surface area contributed by atoms with Crippen LogP contribution < -0.4 is 16.4 Å². The lowest BCUT2D eigenvalue weighted by Gasteiger charge is -2.13. The predicted molar refractivity (Wildman–Crippen MR) is 116 cm³/mol. The molecule has 0 aliphatic heterocycles. The molecule has 2 aromatic heterocycles. The molecular weight excluding hydrogens is 380 g/mol. The molecule has 8 heteroatoms. The molecule has 8 nitrogen and oxygen atoms in total. The molecule has 0 saturated heterocycles. The van der Waals surface area contributed by atoms with Crippen molar-refractivity contribution in [2.45, 2.75) is 13.5 Å². The van der Waals surface area contributed by atoms with Gasteiger partial charge in [-0.15, -0.1) is 0 Å². The van der Waals surface area contributed by atoms with Crippen LogP contribution in [0.2, 0.25) is 0 Å². The maximum Gasteiger partial charge on any atom is 0.262 e. The summed E-state index contributed by atoms with van der Waals surface area (Å²) in [6, 6.07) is 16.8. The monoisotopic (exact) mass is 400 g/mol. The van der Waals surface area contributed by atoms with E-state index in [-0.39, 0.29) is 17.4 Å². The molecule has 30 heavy (non-hydrogen) atoms. The van der Waals surface area contributed by atoms with Gasteiger partial charge in [0.15, 0.2) is 0 Å². The minimum absolute atomic E-state index is 0.163. The first-order valence-electron chi connectivity index (χ1n) is 9.49. The highest BCUT2D eigenvalue weighted by atomic mass is 16.2. The highest BCUT2D eigenvalue weighted by Gasteiger charge is 2.09. The van der Waals surface area contributed by atoms with Crippen molar-refractivity contribution in [2.75, 3.05) is 5.43 Å². The second-order valence-electron chi connectivity index (χ2n) is 6.50. The molecule has 0 saturated carbocycles. The number of nitrogens with one attached hydrogen (secondary N) is 2. The van der Waals surface area contributed by atoms with Crippen LogP contribution in [-0.2, 0) is 11.3 Å². The van der Waals surface area contributed by atoms with Crippen LogP contribution in [0.4, 0.5) is 5.95 Å². The van der Waals surface area contributed by atoms with Gasteiger partial charge in [-0.1, -0.05) is 30.3 Å². The fourth-order valence-corrected chi connectivity index (χ4v) is 3.03. The zero-order valence-electron chi connectivity index (χ0n) is 16.3. The summed E-state index contributed by atoms with van der Waals surface area (Å²) in [6.07, 6.45) is 6.54. The number of benzene rings is 2. The normalized spacial score (nSPS) is 11.1. The van der Waals surface area contributed by atoms with Gasteiger partial charge in [0.05, 0.1) is 22.8 Å². The van der Waals surface area contributed by atoms with Crippen LogP contribution >= 0.6 is 0 Å². The molecule has 0 bridgehead atoms. The molecule has 0 radical (unpaired) electrons. The summed E-state index contributed by atoms with van der Waals surface area (Å²) >= 11 is 0. The molecule has 0 atom stereocenters. The quantitative estimate of drug-likeness (QED) is 0.383. The smallest absolute Gasteiger partial charge is 0.262 e. The van der Waals surface area contributed by atoms with E-state index in [4.69, 9.17) is 0 Å². The number of rotatable bonds is 6. The zero-order valence-corrected chi connectivity index (χ0v) is 16.3. The first kappa shape index (κ1) is 19.1. The van der Waals surface area contributed by atoms with E-state index in [0.29, 0.717) is 17.4 Å². The standard InChI is InChI=1S/C22H20N6O2/c1-2-27-21(30)18-10-6-7-11-19(18)24-22(27)26-25-20(29)13-12-16-14-23-28(15-16)17-8-4-3-5-9-17/h3-15H,2H2,1H3,(H,24,26)(H,25,29). The van der Waals surface area contributed by atoms with Crippen LogP contribution in [0, 0.1) is 0 Å². The molecule has 4 rings (SSSR count). The van der Waals surface area contributed by atoms with E-state index in [1.165, 1.54) is 10.6 Å². The third-order valence-electron chi connectivity index (χ3n) is 4.53. The molecular formula is C22H20N6O2. The minimum atomic E-state index is -0.382. The Morgan fingerprint density at radius 1 is 1.10 bits per heavy atom. The van der Waals surface area contributed by atoms with Gasteiger partial charge in [0.25, 0.3) is 11.5 Å². The Labute approximate surface area is 172 Å². The number of aromatic nitrogens is 4. The molecule has 2 aromatic carbocycles. The molecule has 1 amide bonds. The highest BCUT2D eigenvalue weighted by molar-refractivity contribution is 5.92. The number of carbonyl (C=O) groups is 1. The Hall–Kier alpha value is -4.20. The van der Waals surface area contributed by atoms with Crippen LogP contribution in [0.1, 0.15) is 12.5 Å². The number of para-hydroxylation sites is 2. The molecule has 0 aliphatic carbocycles. The Bertz CT molecular complexity index is 1270. The Morgan fingerprint density at radius 3 is 2.67 bits per heavy atom. The summed E-state index contributed by atoms with van der Waals surface area (Å²) in [7, 11) is 0. The summed E-state index contributed by atoms with van der Waals surface area (Å²) in [6.45, 7) is 2.26. The molecule has 150 valence electrons. The zero-order chi connectivity index (χ0) is 20.9. The second-order valence-corrected chi connectivity index (χ2v) is 6.50. The van der Waals surface area contributed by atoms with Gasteiger partial charge >= 0.3 is 0 Å². The number of carbonyl (C=O) groups excluding carboxylic acids is 1. The van der Waals surface area contributed by atoms with E-state index in [1.54, 1.807) is 35.2 Å². The van der Waals surface area contributed by atoms with Gasteiger partial charge in [0.1, 0.15) is 0 Å². The fourth-order valence-electron chi connectivity index (χ4n) is 3.03. The fraction of sp³-hybridized carbons (Fsp3) is 0.0909. The maximum absolute atomic E-state index is 12.6. The van der Waals surface area contributed by atoms with Crippen molar-refractivity contribution in [1.29, 1.82) is 0 Å². The topological polar surface area (TPSA) is 93.8 Å². The third kappa shape index (κ3) is 3.97. The van der Waals surface area contributed by atoms with Crippen molar-refractivity contribution >= 4 is 28.8 Å². The lowest BCUT2D eigenvalue weighted by molar-refractivity contribution is -0.116. The van der Waals surface area contributed by atoms with Crippen LogP contribution in [0.3, 0.4) is 0 Å². The highest BCUT2D eigenvalue weighted by Crippen LogP contribution is 2.11. The van der Waals surface area contributed by atoms with Crippen LogP contribution in [0.15, 0.2) is 77.9 Å². The van der Waals surface area contributed by atoms with Gasteiger partial charge in [-0.2, -0.15) is 5.10 Å². The summed E-state index contributed by atoms with van der Waals surface area (Å²) in [5.41, 5.74) is 7.41. The largest absolute Gasteiger partial charge is 0.277 e. The number of amides is 1. The predicted octanol–water partition coefficient (Wildman–Crippen LogP) is 2.76. The van der Waals surface area contributed by atoms with Crippen molar-refractivity contribution < 1.29 is 4.79 Å². The van der Waals surface area contributed by atoms with Crippen LogP contribution in [0.25, 0.3) is 22.7 Å². The van der Waals surface area contributed by atoms with Crippen molar-refractivity contribution in [3.63, 3.8) is 0 Å². The van der Waals surface area contributed by atoms with Gasteiger partial charge in [-0.25, -0.2) is 9.67 Å². The van der Waals surface area contributed by atoms with Crippen molar-refractivity contribution in [3.05, 3.63) is 89.0 Å². The average molecular weight is 400 g/mol. The molecule has 0 fully saturated rings. The summed E-state index contributed by atoms with van der Waals surface area (Å²) in [4.78, 5) is 29.2. The van der Waals surface area contributed by atoms with Gasteiger partial charge < -0.3 is 0 Å². The van der Waals surface area contributed by atoms with E-state index < -0.39 is 0 Å². The SMILES string of the molecule is CCn1c(NNC(=O)C=Cc2cnn(-c3ccccc3)c2)nc2ccccc2c1=O. The molecule has 0 unspecified atom stereocenters. The third-order valence-corrected chi connectivity index (χ3v) is 4.53. The number of fused-ring (bicyclic) bond motifs is 1. The van der Waals surface area contributed by atoms with Crippen molar-refractivity contribution in [2.24, 2.45) is 0 Å². The number of nitrogens with zero attached hydrogens (tertiary/aromatic N) is 4. The van der Waals surface area contributed by atoms with Crippen LogP contribution in [0.5, 0.6) is 0 Å². The number of anilines is 1.